The molecule has 9 atom stereocenters. The summed E-state index contributed by atoms with van der Waals surface area (Å²) in [6.45, 7) is 3.12. The van der Waals surface area contributed by atoms with E-state index in [4.69, 9.17) is 37.9 Å². The van der Waals surface area contributed by atoms with Gasteiger partial charge in [-0.15, -0.1) is 0 Å². The second-order valence-corrected chi connectivity index (χ2v) is 15.5. The molecule has 4 saturated heterocycles. The molecule has 0 amide bonds. The molecule has 296 valence electrons. The molecule has 1 aromatic carbocycles. The number of Topliss-reactive ketones (excluding diaryl/α,β-unsaturated/α-hetero) is 1. The Morgan fingerprint density at radius 1 is 0.736 bits per heavy atom. The fourth-order valence-electron chi connectivity index (χ4n) is 8.31. The van der Waals surface area contributed by atoms with Gasteiger partial charge < -0.3 is 37.9 Å². The molecule has 1 saturated carbocycles. The number of allylic oxidation sites excluding steroid dienone is 2. The van der Waals surface area contributed by atoms with E-state index in [0.717, 1.165) is 142 Å². The fourth-order valence-corrected chi connectivity index (χ4v) is 8.31. The molecule has 4 aliphatic heterocycles. The van der Waals surface area contributed by atoms with Crippen molar-refractivity contribution in [3.05, 3.63) is 60.2 Å². The lowest BCUT2D eigenvalue weighted by Gasteiger charge is -2.30. The van der Waals surface area contributed by atoms with Crippen LogP contribution in [0.1, 0.15) is 121 Å². The number of hydrogen-bond acceptors (Lipinski definition) is 9. The van der Waals surface area contributed by atoms with E-state index in [1.54, 1.807) is 0 Å². The van der Waals surface area contributed by atoms with Gasteiger partial charge in [-0.1, -0.05) is 54.6 Å². The maximum Gasteiger partial charge on any atom is 0.158 e. The summed E-state index contributed by atoms with van der Waals surface area (Å²) in [4.78, 5) is 12.5. The molecular formula is C44H66O9. The van der Waals surface area contributed by atoms with Crippen molar-refractivity contribution in [2.75, 3.05) is 33.0 Å². The van der Waals surface area contributed by atoms with Crippen LogP contribution in [-0.4, -0.2) is 82.3 Å². The van der Waals surface area contributed by atoms with Gasteiger partial charge in [-0.05, 0) is 121 Å². The van der Waals surface area contributed by atoms with Crippen LogP contribution < -0.4 is 0 Å². The van der Waals surface area contributed by atoms with Crippen molar-refractivity contribution in [1.29, 1.82) is 0 Å². The first-order valence-corrected chi connectivity index (χ1v) is 21.1. The van der Waals surface area contributed by atoms with E-state index in [-0.39, 0.29) is 67.7 Å². The van der Waals surface area contributed by atoms with E-state index >= 15 is 0 Å². The number of hydrogen-bond donors (Lipinski definition) is 0. The first kappa shape index (κ1) is 40.7. The van der Waals surface area contributed by atoms with E-state index in [2.05, 4.69) is 54.6 Å². The highest BCUT2D eigenvalue weighted by molar-refractivity contribution is 5.79. The largest absolute Gasteiger partial charge is 0.353 e. The molecule has 9 nitrogen and oxygen atoms in total. The van der Waals surface area contributed by atoms with Crippen LogP contribution in [0.4, 0.5) is 0 Å². The third-order valence-electron chi connectivity index (χ3n) is 11.3. The minimum atomic E-state index is -0.223. The topological polar surface area (TPSA) is 90.9 Å². The highest BCUT2D eigenvalue weighted by Crippen LogP contribution is 2.42. The van der Waals surface area contributed by atoms with Gasteiger partial charge in [0.05, 0.1) is 18.3 Å². The monoisotopic (exact) mass is 738 g/mol. The van der Waals surface area contributed by atoms with Gasteiger partial charge in [0.15, 0.2) is 30.9 Å². The number of ether oxygens (including phenoxy) is 8. The normalized spacial score (nSPS) is 32.0. The van der Waals surface area contributed by atoms with E-state index in [9.17, 15) is 4.79 Å². The zero-order valence-electron chi connectivity index (χ0n) is 32.0. The molecule has 1 aromatic rings. The number of aryl methyl sites for hydroxylation is 1. The van der Waals surface area contributed by atoms with Crippen LogP contribution in [0.15, 0.2) is 54.6 Å². The van der Waals surface area contributed by atoms with Crippen LogP contribution in [0.2, 0.25) is 0 Å². The van der Waals surface area contributed by atoms with Gasteiger partial charge >= 0.3 is 0 Å². The molecule has 0 N–H and O–H groups in total. The molecule has 4 unspecified atom stereocenters. The summed E-state index contributed by atoms with van der Waals surface area (Å²) < 4.78 is 49.8. The molecule has 0 radical (unpaired) electrons. The van der Waals surface area contributed by atoms with Gasteiger partial charge in [-0.3, -0.25) is 4.79 Å². The van der Waals surface area contributed by atoms with Gasteiger partial charge in [-0.25, -0.2) is 0 Å². The van der Waals surface area contributed by atoms with Crippen molar-refractivity contribution in [2.24, 2.45) is 11.8 Å². The third kappa shape index (κ3) is 14.3. The number of carbonyl (C=O) groups is 1. The molecule has 0 aromatic heterocycles. The average molecular weight is 739 g/mol. The van der Waals surface area contributed by atoms with Crippen molar-refractivity contribution in [3.8, 4) is 0 Å². The standard InChI is InChI=1S/C44H66O9/c45-35(33-50-41-20-8-12-28-46-41)18-6-1-2-7-19-37-38(27-26-36(51-42-21-9-13-29-47-42)25-24-34-16-4-3-5-17-34)40(53-44-23-11-15-31-49-44)32-39(37)52-43-22-10-14-30-48-43/h2-5,7,16-17,26-27,36-44H,1,6,8-15,18-25,28-33H2/b7-2-,27-26+/t36-,37+,38+,39-,40+,41?,42?,43?,44?/m0/s1. The first-order valence-electron chi connectivity index (χ1n) is 21.1. The molecule has 5 fully saturated rings. The Balaban J connectivity index is 1.12. The molecule has 4 heterocycles. The first-order chi connectivity index (χ1) is 26.2. The van der Waals surface area contributed by atoms with Crippen LogP contribution in [-0.2, 0) is 49.1 Å². The lowest BCUT2D eigenvalue weighted by Crippen LogP contribution is -2.31. The van der Waals surface area contributed by atoms with E-state index in [1.165, 1.54) is 5.56 Å². The summed E-state index contributed by atoms with van der Waals surface area (Å²) in [5, 5.41) is 0. The van der Waals surface area contributed by atoms with Gasteiger partial charge in [0.2, 0.25) is 0 Å². The van der Waals surface area contributed by atoms with E-state index < -0.39 is 0 Å². The SMILES string of the molecule is O=C(CCC/C=C\C[C@@H]1[C@@H](/C=C/[C@H](CCc2ccccc2)OC2CCCCO2)[C@H](OC2CCCCO2)C[C@@H]1OC1CCCCO1)COC1CCCCO1. The Hall–Kier alpha value is -1.95. The van der Waals surface area contributed by atoms with Gasteiger partial charge in [0, 0.05) is 45.2 Å². The van der Waals surface area contributed by atoms with Crippen LogP contribution in [0, 0.1) is 11.8 Å². The third-order valence-corrected chi connectivity index (χ3v) is 11.3. The minimum absolute atomic E-state index is 0.00270. The molecular weight excluding hydrogens is 672 g/mol. The van der Waals surface area contributed by atoms with Gasteiger partial charge in [-0.2, -0.15) is 0 Å². The maximum atomic E-state index is 12.5. The lowest BCUT2D eigenvalue weighted by atomic mass is 9.89. The van der Waals surface area contributed by atoms with Crippen molar-refractivity contribution in [2.45, 2.75) is 165 Å². The van der Waals surface area contributed by atoms with Crippen LogP contribution >= 0.6 is 0 Å². The summed E-state index contributed by atoms with van der Waals surface area (Å²) in [7, 11) is 0. The Morgan fingerprint density at radius 2 is 1.36 bits per heavy atom. The zero-order chi connectivity index (χ0) is 36.3. The fraction of sp³-hybridized carbons (Fsp3) is 0.750. The van der Waals surface area contributed by atoms with Crippen LogP contribution in [0.5, 0.6) is 0 Å². The molecule has 53 heavy (non-hydrogen) atoms. The van der Waals surface area contributed by atoms with Crippen LogP contribution in [0.3, 0.4) is 0 Å². The molecule has 0 spiro atoms. The lowest BCUT2D eigenvalue weighted by molar-refractivity contribution is -0.203. The smallest absolute Gasteiger partial charge is 0.158 e. The summed E-state index contributed by atoms with van der Waals surface area (Å²) in [5.74, 6) is 0.463. The number of rotatable bonds is 20. The van der Waals surface area contributed by atoms with Gasteiger partial charge in [0.1, 0.15) is 6.61 Å². The van der Waals surface area contributed by atoms with Crippen molar-refractivity contribution >= 4 is 5.78 Å². The highest BCUT2D eigenvalue weighted by atomic mass is 16.7. The number of carbonyl (C=O) groups excluding carboxylic acids is 1. The van der Waals surface area contributed by atoms with Crippen molar-refractivity contribution < 1.29 is 42.7 Å². The van der Waals surface area contributed by atoms with E-state index in [0.29, 0.717) is 6.42 Å². The van der Waals surface area contributed by atoms with Crippen molar-refractivity contribution in [1.82, 2.24) is 0 Å². The summed E-state index contributed by atoms with van der Waals surface area (Å²) in [5.41, 5.74) is 1.31. The molecule has 0 bridgehead atoms. The molecule has 5 aliphatic rings. The predicted octanol–water partition coefficient (Wildman–Crippen LogP) is 8.78. The summed E-state index contributed by atoms with van der Waals surface area (Å²) in [6, 6.07) is 10.7. The van der Waals surface area contributed by atoms with Crippen molar-refractivity contribution in [3.63, 3.8) is 0 Å². The minimum Gasteiger partial charge on any atom is -0.353 e. The Kier molecular flexibility index (Phi) is 17.8. The zero-order valence-corrected chi connectivity index (χ0v) is 32.0. The number of unbranched alkanes of at least 4 members (excludes halogenated alkanes) is 1. The predicted molar refractivity (Wildman–Crippen MR) is 203 cm³/mol. The second-order valence-electron chi connectivity index (χ2n) is 15.5. The molecule has 6 rings (SSSR count). The van der Waals surface area contributed by atoms with Gasteiger partial charge in [0.25, 0.3) is 0 Å². The molecule has 9 heteroatoms. The Morgan fingerprint density at radius 3 is 2.00 bits per heavy atom. The highest BCUT2D eigenvalue weighted by Gasteiger charge is 2.45. The summed E-state index contributed by atoms with van der Waals surface area (Å²) >= 11 is 0. The Bertz CT molecular complexity index is 1200. The second kappa shape index (κ2) is 23.2. The van der Waals surface area contributed by atoms with Crippen LogP contribution in [0.25, 0.3) is 0 Å². The average Bonchev–Trinajstić information content (AvgIpc) is 3.52. The maximum absolute atomic E-state index is 12.5. The number of ketones is 1. The number of benzene rings is 1. The van der Waals surface area contributed by atoms with E-state index in [1.807, 2.05) is 0 Å². The Labute approximate surface area is 318 Å². The quantitative estimate of drug-likeness (QED) is 0.0962. The molecule has 1 aliphatic carbocycles. The summed E-state index contributed by atoms with van der Waals surface area (Å²) in [6.07, 6.45) is 26.4.